The van der Waals surface area contributed by atoms with Crippen molar-refractivity contribution in [2.75, 3.05) is 13.2 Å². The lowest BCUT2D eigenvalue weighted by atomic mass is 9.96. The van der Waals surface area contributed by atoms with Crippen molar-refractivity contribution in [2.24, 2.45) is 5.92 Å². The molecule has 1 N–H and O–H groups in total. The molecule has 1 saturated heterocycles. The second-order valence-electron chi connectivity index (χ2n) is 6.53. The molecule has 0 bridgehead atoms. The Bertz CT molecular complexity index is 708. The highest BCUT2D eigenvalue weighted by atomic mass is 16.5. The van der Waals surface area contributed by atoms with Crippen molar-refractivity contribution in [3.05, 3.63) is 41.3 Å². The van der Waals surface area contributed by atoms with Gasteiger partial charge in [-0.3, -0.25) is 4.79 Å². The van der Waals surface area contributed by atoms with Gasteiger partial charge in [0.15, 0.2) is 5.82 Å². The maximum absolute atomic E-state index is 12.3. The first-order chi connectivity index (χ1) is 11.5. The summed E-state index contributed by atoms with van der Waals surface area (Å²) in [6.45, 7) is 7.47. The maximum Gasteiger partial charge on any atom is 0.252 e. The van der Waals surface area contributed by atoms with Gasteiger partial charge in [0.1, 0.15) is 0 Å². The van der Waals surface area contributed by atoms with Crippen molar-refractivity contribution in [3.8, 4) is 5.82 Å². The van der Waals surface area contributed by atoms with Crippen LogP contribution in [0.4, 0.5) is 0 Å². The number of nitrogens with zero attached hydrogens (tertiary/aromatic N) is 3. The molecule has 6 heteroatoms. The van der Waals surface area contributed by atoms with Crippen molar-refractivity contribution in [1.82, 2.24) is 20.1 Å². The topological polar surface area (TPSA) is 69.0 Å². The lowest BCUT2D eigenvalue weighted by molar-refractivity contribution is 0.00302. The van der Waals surface area contributed by atoms with Crippen LogP contribution >= 0.6 is 0 Å². The molecule has 3 rings (SSSR count). The van der Waals surface area contributed by atoms with E-state index in [0.717, 1.165) is 36.7 Å². The molecule has 0 radical (unpaired) electrons. The van der Waals surface area contributed by atoms with Gasteiger partial charge >= 0.3 is 0 Å². The van der Waals surface area contributed by atoms with Crippen LogP contribution in [0.3, 0.4) is 0 Å². The number of aryl methyl sites for hydroxylation is 2. The number of carbonyl (C=O) groups is 1. The Kier molecular flexibility index (Phi) is 4.94. The zero-order valence-corrected chi connectivity index (χ0v) is 14.5. The van der Waals surface area contributed by atoms with Gasteiger partial charge in [-0.25, -0.2) is 9.67 Å². The van der Waals surface area contributed by atoms with E-state index in [-0.39, 0.29) is 12.0 Å². The van der Waals surface area contributed by atoms with Gasteiger partial charge in [-0.2, -0.15) is 5.10 Å². The van der Waals surface area contributed by atoms with Gasteiger partial charge in [0.25, 0.3) is 5.91 Å². The number of amides is 1. The molecule has 6 nitrogen and oxygen atoms in total. The van der Waals surface area contributed by atoms with Crippen LogP contribution in [0.2, 0.25) is 0 Å². The number of pyridine rings is 1. The first-order valence-electron chi connectivity index (χ1n) is 8.42. The number of carbonyl (C=O) groups excluding carboxylic acids is 1. The summed E-state index contributed by atoms with van der Waals surface area (Å²) < 4.78 is 7.31. The minimum atomic E-state index is -0.0819. The fourth-order valence-electron chi connectivity index (χ4n) is 3.12. The van der Waals surface area contributed by atoms with E-state index in [1.165, 1.54) is 0 Å². The fraction of sp³-hybridized carbons (Fsp3) is 0.500. The van der Waals surface area contributed by atoms with E-state index in [9.17, 15) is 4.79 Å². The first kappa shape index (κ1) is 16.6. The van der Waals surface area contributed by atoms with E-state index < -0.39 is 0 Å². The summed E-state index contributed by atoms with van der Waals surface area (Å²) >= 11 is 0. The Balaban J connectivity index is 1.60. The van der Waals surface area contributed by atoms with Crippen LogP contribution in [0.5, 0.6) is 0 Å². The van der Waals surface area contributed by atoms with E-state index >= 15 is 0 Å². The Morgan fingerprint density at radius 3 is 2.88 bits per heavy atom. The largest absolute Gasteiger partial charge is 0.378 e. The van der Waals surface area contributed by atoms with Crippen molar-refractivity contribution in [2.45, 2.75) is 39.7 Å². The van der Waals surface area contributed by atoms with Gasteiger partial charge in [-0.1, -0.05) is 0 Å². The van der Waals surface area contributed by atoms with Crippen LogP contribution in [0, 0.1) is 19.8 Å². The Morgan fingerprint density at radius 2 is 2.25 bits per heavy atom. The molecule has 1 amide bonds. The minimum absolute atomic E-state index is 0.0819. The van der Waals surface area contributed by atoms with Crippen LogP contribution in [-0.4, -0.2) is 39.9 Å². The summed E-state index contributed by atoms with van der Waals surface area (Å²) in [5, 5.41) is 7.41. The summed E-state index contributed by atoms with van der Waals surface area (Å²) in [5.74, 6) is 1.12. The summed E-state index contributed by atoms with van der Waals surface area (Å²) in [5.41, 5.74) is 2.54. The van der Waals surface area contributed by atoms with Crippen molar-refractivity contribution in [3.63, 3.8) is 0 Å². The quantitative estimate of drug-likeness (QED) is 0.936. The average Bonchev–Trinajstić information content (AvgIpc) is 2.91. The van der Waals surface area contributed by atoms with Crippen LogP contribution < -0.4 is 5.32 Å². The number of hydrogen-bond donors (Lipinski definition) is 1. The third kappa shape index (κ3) is 3.82. The third-order valence-electron chi connectivity index (χ3n) is 4.38. The predicted molar refractivity (Wildman–Crippen MR) is 91.3 cm³/mol. The van der Waals surface area contributed by atoms with Crippen LogP contribution in [0.15, 0.2) is 24.4 Å². The first-order valence-corrected chi connectivity index (χ1v) is 8.42. The molecule has 2 atom stereocenters. The molecular formula is C18H24N4O2. The molecule has 0 saturated carbocycles. The molecule has 1 aliphatic heterocycles. The minimum Gasteiger partial charge on any atom is -0.378 e. The third-order valence-corrected chi connectivity index (χ3v) is 4.38. The fourth-order valence-corrected chi connectivity index (χ4v) is 3.12. The summed E-state index contributed by atoms with van der Waals surface area (Å²) in [6.07, 6.45) is 3.88. The Labute approximate surface area is 142 Å². The SMILES string of the molecule is Cc1cc(C)n(-c2ccc(C(=O)NC[C@H]3CCO[C@@H](C)C3)cn2)n1. The summed E-state index contributed by atoms with van der Waals surface area (Å²) in [7, 11) is 0. The number of nitrogens with one attached hydrogen (secondary N) is 1. The molecule has 3 heterocycles. The van der Waals surface area contributed by atoms with E-state index in [4.69, 9.17) is 4.74 Å². The molecule has 0 aliphatic carbocycles. The Morgan fingerprint density at radius 1 is 1.42 bits per heavy atom. The molecule has 128 valence electrons. The molecule has 1 fully saturated rings. The molecule has 0 unspecified atom stereocenters. The zero-order chi connectivity index (χ0) is 17.1. The molecule has 1 aliphatic rings. The van der Waals surface area contributed by atoms with E-state index in [1.807, 2.05) is 26.0 Å². The number of ether oxygens (including phenoxy) is 1. The standard InChI is InChI=1S/C18H24N4O2/c1-12-8-13(2)22(21-12)17-5-4-16(11-19-17)18(23)20-10-15-6-7-24-14(3)9-15/h4-5,8,11,14-15H,6-7,9-10H2,1-3H3,(H,20,23)/t14-,15-/m0/s1. The van der Waals surface area contributed by atoms with Crippen LogP contribution in [0.25, 0.3) is 5.82 Å². The zero-order valence-electron chi connectivity index (χ0n) is 14.5. The van der Waals surface area contributed by atoms with Crippen LogP contribution in [0.1, 0.15) is 41.5 Å². The average molecular weight is 328 g/mol. The second-order valence-corrected chi connectivity index (χ2v) is 6.53. The molecular weight excluding hydrogens is 304 g/mol. The van der Waals surface area contributed by atoms with Gasteiger partial charge in [0, 0.05) is 25.0 Å². The smallest absolute Gasteiger partial charge is 0.252 e. The lowest BCUT2D eigenvalue weighted by Crippen LogP contribution is -2.34. The molecule has 0 spiro atoms. The van der Waals surface area contributed by atoms with Crippen molar-refractivity contribution >= 4 is 5.91 Å². The van der Waals surface area contributed by atoms with Gasteiger partial charge in [-0.15, -0.1) is 0 Å². The number of rotatable bonds is 4. The van der Waals surface area contributed by atoms with Crippen LogP contribution in [-0.2, 0) is 4.74 Å². The second kappa shape index (κ2) is 7.13. The van der Waals surface area contributed by atoms with E-state index in [0.29, 0.717) is 18.0 Å². The molecule has 0 aromatic carbocycles. The highest BCUT2D eigenvalue weighted by Crippen LogP contribution is 2.19. The normalized spacial score (nSPS) is 20.8. The molecule has 2 aromatic rings. The van der Waals surface area contributed by atoms with E-state index in [2.05, 4.69) is 22.3 Å². The Hall–Kier alpha value is -2.21. The van der Waals surface area contributed by atoms with Crippen molar-refractivity contribution < 1.29 is 9.53 Å². The highest BCUT2D eigenvalue weighted by molar-refractivity contribution is 5.93. The molecule has 24 heavy (non-hydrogen) atoms. The highest BCUT2D eigenvalue weighted by Gasteiger charge is 2.20. The number of hydrogen-bond acceptors (Lipinski definition) is 4. The van der Waals surface area contributed by atoms with Gasteiger partial charge in [-0.05, 0) is 57.7 Å². The molecule has 2 aromatic heterocycles. The lowest BCUT2D eigenvalue weighted by Gasteiger charge is -2.27. The number of aromatic nitrogens is 3. The summed E-state index contributed by atoms with van der Waals surface area (Å²) in [4.78, 5) is 16.7. The van der Waals surface area contributed by atoms with E-state index in [1.54, 1.807) is 16.9 Å². The van der Waals surface area contributed by atoms with Crippen molar-refractivity contribution in [1.29, 1.82) is 0 Å². The monoisotopic (exact) mass is 328 g/mol. The predicted octanol–water partition coefficient (Wildman–Crippen LogP) is 2.43. The van der Waals surface area contributed by atoms with Gasteiger partial charge < -0.3 is 10.1 Å². The summed E-state index contributed by atoms with van der Waals surface area (Å²) in [6, 6.07) is 5.61. The van der Waals surface area contributed by atoms with Gasteiger partial charge in [0.2, 0.25) is 0 Å². The van der Waals surface area contributed by atoms with Gasteiger partial charge in [0.05, 0.1) is 17.4 Å². The maximum atomic E-state index is 12.3.